The van der Waals surface area contributed by atoms with Crippen LogP contribution in [0.3, 0.4) is 0 Å². The van der Waals surface area contributed by atoms with Gasteiger partial charge in [0, 0.05) is 33.2 Å². The molecular weight excluding hydrogens is 352 g/mol. The average Bonchev–Trinajstić information content (AvgIpc) is 2.94. The summed E-state index contributed by atoms with van der Waals surface area (Å²) in [5, 5.41) is 4.96. The van der Waals surface area contributed by atoms with E-state index in [1.54, 1.807) is 0 Å². The van der Waals surface area contributed by atoms with Gasteiger partial charge in [0.15, 0.2) is 0 Å². The summed E-state index contributed by atoms with van der Waals surface area (Å²) in [6.07, 6.45) is 1.04. The summed E-state index contributed by atoms with van der Waals surface area (Å²) >= 11 is 3.59. The van der Waals surface area contributed by atoms with Gasteiger partial charge in [0.05, 0.1) is 12.6 Å². The van der Waals surface area contributed by atoms with Crippen LogP contribution in [0, 0.1) is 0 Å². The van der Waals surface area contributed by atoms with Gasteiger partial charge in [-0.25, -0.2) is 0 Å². The van der Waals surface area contributed by atoms with Crippen molar-refractivity contribution < 1.29 is 4.74 Å². The Bertz CT molecular complexity index is 856. The maximum absolute atomic E-state index is 5.84. The molecule has 1 unspecified atom stereocenters. The van der Waals surface area contributed by atoms with E-state index in [9.17, 15) is 0 Å². The second-order valence-electron chi connectivity index (χ2n) is 5.82. The van der Waals surface area contributed by atoms with Crippen molar-refractivity contribution in [2.24, 2.45) is 0 Å². The molecule has 1 aliphatic rings. The summed E-state index contributed by atoms with van der Waals surface area (Å²) in [6.45, 7) is 3.67. The molecule has 4 rings (SSSR count). The monoisotopic (exact) mass is 370 g/mol. The molecular formula is C19H19BrN2O. The lowest BCUT2D eigenvalue weighted by molar-refractivity contribution is 0.332. The third kappa shape index (κ3) is 2.56. The standard InChI is InChI=1S/C19H19BrN2O/c1-2-23-17-6-4-3-5-14(17)18-19-13(9-10-21-18)15-11-12(20)7-8-16(15)22-19/h3-8,11,18,21-22H,2,9-10H2,1H3. The Morgan fingerprint density at radius 3 is 2.96 bits per heavy atom. The fourth-order valence-corrected chi connectivity index (χ4v) is 3.83. The van der Waals surface area contributed by atoms with Gasteiger partial charge in [0.2, 0.25) is 0 Å². The summed E-state index contributed by atoms with van der Waals surface area (Å²) in [5.74, 6) is 0.959. The molecule has 2 heterocycles. The zero-order valence-electron chi connectivity index (χ0n) is 13.0. The Kier molecular flexibility index (Phi) is 3.87. The summed E-state index contributed by atoms with van der Waals surface area (Å²) in [7, 11) is 0. The van der Waals surface area contributed by atoms with Crippen LogP contribution in [0.25, 0.3) is 10.9 Å². The SMILES string of the molecule is CCOc1ccccc1C1NCCc2c1[nH]c1ccc(Br)cc21. The van der Waals surface area contributed by atoms with E-state index in [4.69, 9.17) is 4.74 Å². The second kappa shape index (κ2) is 6.02. The third-order valence-electron chi connectivity index (χ3n) is 4.44. The molecule has 1 atom stereocenters. The smallest absolute Gasteiger partial charge is 0.124 e. The lowest BCUT2D eigenvalue weighted by Gasteiger charge is -2.26. The maximum Gasteiger partial charge on any atom is 0.124 e. The number of ether oxygens (including phenoxy) is 1. The molecule has 23 heavy (non-hydrogen) atoms. The number of rotatable bonds is 3. The Hall–Kier alpha value is -1.78. The number of halogens is 1. The van der Waals surface area contributed by atoms with Gasteiger partial charge < -0.3 is 15.0 Å². The van der Waals surface area contributed by atoms with E-state index in [0.717, 1.165) is 23.2 Å². The van der Waals surface area contributed by atoms with Crippen LogP contribution in [-0.4, -0.2) is 18.1 Å². The van der Waals surface area contributed by atoms with Crippen LogP contribution < -0.4 is 10.1 Å². The number of H-pyrrole nitrogens is 1. The van der Waals surface area contributed by atoms with Crippen LogP contribution >= 0.6 is 15.9 Å². The molecule has 2 N–H and O–H groups in total. The summed E-state index contributed by atoms with van der Waals surface area (Å²) < 4.78 is 6.96. The molecule has 0 saturated carbocycles. The van der Waals surface area contributed by atoms with Crippen molar-refractivity contribution in [1.82, 2.24) is 10.3 Å². The fourth-order valence-electron chi connectivity index (χ4n) is 3.47. The minimum atomic E-state index is 0.146. The van der Waals surface area contributed by atoms with Crippen molar-refractivity contribution in [1.29, 1.82) is 0 Å². The van der Waals surface area contributed by atoms with E-state index in [-0.39, 0.29) is 6.04 Å². The van der Waals surface area contributed by atoms with Crippen LogP contribution in [0.5, 0.6) is 5.75 Å². The van der Waals surface area contributed by atoms with Crippen molar-refractivity contribution >= 4 is 26.8 Å². The zero-order chi connectivity index (χ0) is 15.8. The van der Waals surface area contributed by atoms with E-state index in [0.29, 0.717) is 6.61 Å². The zero-order valence-corrected chi connectivity index (χ0v) is 14.6. The van der Waals surface area contributed by atoms with Crippen molar-refractivity contribution in [3.8, 4) is 5.75 Å². The molecule has 0 aliphatic carbocycles. The van der Waals surface area contributed by atoms with E-state index in [1.165, 1.54) is 27.7 Å². The second-order valence-corrected chi connectivity index (χ2v) is 6.73. The molecule has 4 heteroatoms. The quantitative estimate of drug-likeness (QED) is 0.708. The molecule has 0 saturated heterocycles. The van der Waals surface area contributed by atoms with Crippen LogP contribution in [-0.2, 0) is 6.42 Å². The molecule has 0 radical (unpaired) electrons. The number of para-hydroxylation sites is 1. The summed E-state index contributed by atoms with van der Waals surface area (Å²) in [6, 6.07) is 14.9. The van der Waals surface area contributed by atoms with E-state index >= 15 is 0 Å². The Morgan fingerprint density at radius 1 is 1.22 bits per heavy atom. The topological polar surface area (TPSA) is 37.0 Å². The lowest BCUT2D eigenvalue weighted by Crippen LogP contribution is -2.30. The Balaban J connectivity index is 1.87. The molecule has 1 aromatic heterocycles. The van der Waals surface area contributed by atoms with Crippen molar-refractivity contribution in [2.75, 3.05) is 13.2 Å². The first-order chi connectivity index (χ1) is 11.3. The number of nitrogens with one attached hydrogen (secondary N) is 2. The van der Waals surface area contributed by atoms with Crippen LogP contribution in [0.4, 0.5) is 0 Å². The fraction of sp³-hybridized carbons (Fsp3) is 0.263. The number of hydrogen-bond acceptors (Lipinski definition) is 2. The molecule has 118 valence electrons. The number of aromatic nitrogens is 1. The molecule has 0 spiro atoms. The first kappa shape index (κ1) is 14.8. The van der Waals surface area contributed by atoms with Crippen molar-refractivity contribution in [2.45, 2.75) is 19.4 Å². The molecule has 0 amide bonds. The van der Waals surface area contributed by atoms with Gasteiger partial charge in [-0.1, -0.05) is 34.1 Å². The summed E-state index contributed by atoms with van der Waals surface area (Å²) in [4.78, 5) is 3.62. The molecule has 3 nitrogen and oxygen atoms in total. The van der Waals surface area contributed by atoms with E-state index < -0.39 is 0 Å². The van der Waals surface area contributed by atoms with Crippen LogP contribution in [0.1, 0.15) is 29.8 Å². The van der Waals surface area contributed by atoms with Gasteiger partial charge in [-0.2, -0.15) is 0 Å². The van der Waals surface area contributed by atoms with Gasteiger partial charge in [-0.05, 0) is 43.2 Å². The first-order valence-electron chi connectivity index (χ1n) is 8.03. The largest absolute Gasteiger partial charge is 0.494 e. The van der Waals surface area contributed by atoms with E-state index in [1.807, 2.05) is 19.1 Å². The molecule has 0 bridgehead atoms. The minimum absolute atomic E-state index is 0.146. The van der Waals surface area contributed by atoms with Gasteiger partial charge in [0.25, 0.3) is 0 Å². The van der Waals surface area contributed by atoms with Gasteiger partial charge in [-0.15, -0.1) is 0 Å². The highest BCUT2D eigenvalue weighted by Crippen LogP contribution is 2.37. The summed E-state index contributed by atoms with van der Waals surface area (Å²) in [5.41, 5.74) is 5.06. The number of aromatic amines is 1. The highest BCUT2D eigenvalue weighted by molar-refractivity contribution is 9.10. The Labute approximate surface area is 144 Å². The number of hydrogen-bond donors (Lipinski definition) is 2. The lowest BCUT2D eigenvalue weighted by atomic mass is 9.94. The molecule has 3 aromatic rings. The molecule has 2 aromatic carbocycles. The average molecular weight is 371 g/mol. The van der Waals surface area contributed by atoms with Crippen LogP contribution in [0.15, 0.2) is 46.9 Å². The minimum Gasteiger partial charge on any atom is -0.494 e. The maximum atomic E-state index is 5.84. The van der Waals surface area contributed by atoms with E-state index in [2.05, 4.69) is 56.6 Å². The highest BCUT2D eigenvalue weighted by Gasteiger charge is 2.27. The van der Waals surface area contributed by atoms with Gasteiger partial charge in [0.1, 0.15) is 5.75 Å². The molecule has 0 fully saturated rings. The predicted octanol–water partition coefficient (Wildman–Crippen LogP) is 4.56. The number of benzene rings is 2. The highest BCUT2D eigenvalue weighted by atomic mass is 79.9. The van der Waals surface area contributed by atoms with Crippen LogP contribution in [0.2, 0.25) is 0 Å². The van der Waals surface area contributed by atoms with Crippen molar-refractivity contribution in [3.05, 3.63) is 63.8 Å². The normalized spacial score (nSPS) is 17.2. The molecule has 1 aliphatic heterocycles. The number of fused-ring (bicyclic) bond motifs is 3. The van der Waals surface area contributed by atoms with Gasteiger partial charge >= 0.3 is 0 Å². The van der Waals surface area contributed by atoms with Crippen molar-refractivity contribution in [3.63, 3.8) is 0 Å². The Morgan fingerprint density at radius 2 is 2.09 bits per heavy atom. The predicted molar refractivity (Wildman–Crippen MR) is 97.2 cm³/mol. The van der Waals surface area contributed by atoms with Gasteiger partial charge in [-0.3, -0.25) is 0 Å². The third-order valence-corrected chi connectivity index (χ3v) is 4.94. The first-order valence-corrected chi connectivity index (χ1v) is 8.82.